The van der Waals surface area contributed by atoms with Gasteiger partial charge in [0.05, 0.1) is 13.5 Å². The Morgan fingerprint density at radius 3 is 2.50 bits per heavy atom. The second-order valence-corrected chi connectivity index (χ2v) is 5.50. The number of nitrogens with zero attached hydrogens (tertiary/aromatic N) is 2. The molecule has 0 saturated carbocycles. The zero-order valence-electron chi connectivity index (χ0n) is 14.4. The van der Waals surface area contributed by atoms with E-state index in [0.717, 1.165) is 11.3 Å². The van der Waals surface area contributed by atoms with Gasteiger partial charge < -0.3 is 14.8 Å². The lowest BCUT2D eigenvalue weighted by molar-refractivity contribution is -0.120. The predicted molar refractivity (Wildman–Crippen MR) is 97.1 cm³/mol. The van der Waals surface area contributed by atoms with Crippen molar-refractivity contribution >= 4 is 5.91 Å². The molecule has 26 heavy (non-hydrogen) atoms. The number of ether oxygens (including phenoxy) is 2. The normalized spacial score (nSPS) is 10.2. The van der Waals surface area contributed by atoms with Gasteiger partial charge in [-0.05, 0) is 30.3 Å². The zero-order chi connectivity index (χ0) is 18.2. The molecule has 0 unspecified atom stereocenters. The molecular formula is C20H19N3O3. The number of nitrogens with one attached hydrogen (secondary N) is 1. The van der Waals surface area contributed by atoms with E-state index in [0.29, 0.717) is 23.9 Å². The Bertz CT molecular complexity index is 869. The maximum Gasteiger partial charge on any atom is 0.226 e. The van der Waals surface area contributed by atoms with Crippen LogP contribution in [0.15, 0.2) is 67.0 Å². The van der Waals surface area contributed by atoms with Gasteiger partial charge in [0, 0.05) is 30.2 Å². The van der Waals surface area contributed by atoms with Gasteiger partial charge in [-0.3, -0.25) is 9.78 Å². The molecule has 2 aromatic heterocycles. The fourth-order valence-electron chi connectivity index (χ4n) is 2.38. The van der Waals surface area contributed by atoms with Gasteiger partial charge in [-0.15, -0.1) is 0 Å². The largest absolute Gasteiger partial charge is 0.493 e. The first kappa shape index (κ1) is 17.4. The number of pyridine rings is 2. The maximum absolute atomic E-state index is 12.1. The fourth-order valence-corrected chi connectivity index (χ4v) is 2.38. The van der Waals surface area contributed by atoms with Gasteiger partial charge in [0.2, 0.25) is 11.8 Å². The van der Waals surface area contributed by atoms with Gasteiger partial charge in [-0.1, -0.05) is 24.3 Å². The summed E-state index contributed by atoms with van der Waals surface area (Å²) in [5.74, 6) is 1.49. The maximum atomic E-state index is 12.1. The molecule has 132 valence electrons. The molecule has 0 aliphatic heterocycles. The number of methoxy groups -OCH3 is 1. The van der Waals surface area contributed by atoms with E-state index in [1.807, 2.05) is 42.5 Å². The molecule has 1 N–H and O–H groups in total. The number of carbonyl (C=O) groups excluding carboxylic acids is 1. The lowest BCUT2D eigenvalue weighted by atomic mass is 10.2. The molecule has 1 amide bonds. The van der Waals surface area contributed by atoms with Crippen LogP contribution in [0.3, 0.4) is 0 Å². The molecule has 3 aromatic rings. The average molecular weight is 349 g/mol. The third-order valence-corrected chi connectivity index (χ3v) is 3.67. The number of hydrogen-bond acceptors (Lipinski definition) is 5. The monoisotopic (exact) mass is 349 g/mol. The van der Waals surface area contributed by atoms with Gasteiger partial charge in [0.15, 0.2) is 11.5 Å². The van der Waals surface area contributed by atoms with Crippen molar-refractivity contribution in [1.29, 1.82) is 0 Å². The summed E-state index contributed by atoms with van der Waals surface area (Å²) < 4.78 is 11.2. The van der Waals surface area contributed by atoms with Crippen molar-refractivity contribution in [2.24, 2.45) is 0 Å². The zero-order valence-corrected chi connectivity index (χ0v) is 14.4. The molecule has 0 bridgehead atoms. The minimum atomic E-state index is -0.115. The van der Waals surface area contributed by atoms with Crippen molar-refractivity contribution in [2.45, 2.75) is 13.0 Å². The average Bonchev–Trinajstić information content (AvgIpc) is 2.68. The number of hydrogen-bond donors (Lipinski definition) is 1. The van der Waals surface area contributed by atoms with Crippen LogP contribution < -0.4 is 14.8 Å². The molecule has 3 rings (SSSR count). The van der Waals surface area contributed by atoms with Gasteiger partial charge in [0.25, 0.3) is 0 Å². The van der Waals surface area contributed by atoms with Gasteiger partial charge in [0.1, 0.15) is 0 Å². The molecular weight excluding hydrogens is 330 g/mol. The van der Waals surface area contributed by atoms with Crippen LogP contribution in [0.5, 0.6) is 17.4 Å². The summed E-state index contributed by atoms with van der Waals surface area (Å²) in [6.45, 7) is 0.310. The number of para-hydroxylation sites is 2. The van der Waals surface area contributed by atoms with E-state index in [4.69, 9.17) is 9.47 Å². The first-order valence-electron chi connectivity index (χ1n) is 8.17. The van der Waals surface area contributed by atoms with Gasteiger partial charge in [-0.2, -0.15) is 0 Å². The number of benzene rings is 1. The second-order valence-electron chi connectivity index (χ2n) is 5.50. The SMILES string of the molecule is COc1ccccc1Oc1ncccc1CNC(=O)Cc1ccccn1. The minimum absolute atomic E-state index is 0.115. The molecule has 0 fully saturated rings. The Hall–Kier alpha value is -3.41. The highest BCUT2D eigenvalue weighted by atomic mass is 16.5. The lowest BCUT2D eigenvalue weighted by Crippen LogP contribution is -2.25. The van der Waals surface area contributed by atoms with Crippen molar-refractivity contribution in [3.63, 3.8) is 0 Å². The molecule has 0 saturated heterocycles. The van der Waals surface area contributed by atoms with E-state index in [9.17, 15) is 4.79 Å². The van der Waals surface area contributed by atoms with Crippen LogP contribution in [0.4, 0.5) is 0 Å². The van der Waals surface area contributed by atoms with Crippen LogP contribution in [0.2, 0.25) is 0 Å². The standard InChI is InChI=1S/C20H19N3O3/c1-25-17-9-2-3-10-18(17)26-20-15(7-6-12-22-20)14-23-19(24)13-16-8-4-5-11-21-16/h2-12H,13-14H2,1H3,(H,23,24). The molecule has 2 heterocycles. The van der Waals surface area contributed by atoms with Crippen molar-refractivity contribution in [3.8, 4) is 17.4 Å². The third kappa shape index (κ3) is 4.57. The summed E-state index contributed by atoms with van der Waals surface area (Å²) in [4.78, 5) is 20.5. The Balaban J connectivity index is 1.66. The fraction of sp³-hybridized carbons (Fsp3) is 0.150. The quantitative estimate of drug-likeness (QED) is 0.709. The first-order chi connectivity index (χ1) is 12.8. The van der Waals surface area contributed by atoms with Crippen LogP contribution in [0, 0.1) is 0 Å². The Morgan fingerprint density at radius 1 is 0.962 bits per heavy atom. The summed E-state index contributed by atoms with van der Waals surface area (Å²) in [7, 11) is 1.58. The summed E-state index contributed by atoms with van der Waals surface area (Å²) in [5, 5.41) is 2.87. The van der Waals surface area contributed by atoms with Gasteiger partial charge in [-0.25, -0.2) is 4.98 Å². The van der Waals surface area contributed by atoms with Crippen molar-refractivity contribution in [2.75, 3.05) is 7.11 Å². The predicted octanol–water partition coefficient (Wildman–Crippen LogP) is 3.14. The van der Waals surface area contributed by atoms with Gasteiger partial charge >= 0.3 is 0 Å². The van der Waals surface area contributed by atoms with E-state index in [-0.39, 0.29) is 12.3 Å². The summed E-state index contributed by atoms with van der Waals surface area (Å²) in [6.07, 6.45) is 3.54. The second kappa shape index (κ2) is 8.62. The topological polar surface area (TPSA) is 73.3 Å². The van der Waals surface area contributed by atoms with E-state index in [2.05, 4.69) is 15.3 Å². The Morgan fingerprint density at radius 2 is 1.73 bits per heavy atom. The molecule has 0 aliphatic carbocycles. The van der Waals surface area contributed by atoms with E-state index < -0.39 is 0 Å². The lowest BCUT2D eigenvalue weighted by Gasteiger charge is -2.13. The molecule has 1 aromatic carbocycles. The Kier molecular flexibility index (Phi) is 5.77. The number of carbonyl (C=O) groups is 1. The Labute approximate surface area is 151 Å². The van der Waals surface area contributed by atoms with Crippen molar-refractivity contribution in [1.82, 2.24) is 15.3 Å². The number of aromatic nitrogens is 2. The van der Waals surface area contributed by atoms with Crippen LogP contribution >= 0.6 is 0 Å². The molecule has 0 aliphatic rings. The van der Waals surface area contributed by atoms with E-state index in [1.54, 1.807) is 31.6 Å². The summed E-state index contributed by atoms with van der Waals surface area (Å²) in [5.41, 5.74) is 1.49. The molecule has 6 nitrogen and oxygen atoms in total. The summed E-state index contributed by atoms with van der Waals surface area (Å²) in [6, 6.07) is 16.5. The van der Waals surface area contributed by atoms with Crippen LogP contribution in [0.25, 0.3) is 0 Å². The highest BCUT2D eigenvalue weighted by Gasteiger charge is 2.11. The molecule has 0 spiro atoms. The first-order valence-corrected chi connectivity index (χ1v) is 8.17. The highest BCUT2D eigenvalue weighted by molar-refractivity contribution is 5.78. The van der Waals surface area contributed by atoms with E-state index in [1.165, 1.54) is 0 Å². The minimum Gasteiger partial charge on any atom is -0.493 e. The number of rotatable bonds is 7. The third-order valence-electron chi connectivity index (χ3n) is 3.67. The molecule has 0 radical (unpaired) electrons. The van der Waals surface area contributed by atoms with Crippen LogP contribution in [0.1, 0.15) is 11.3 Å². The van der Waals surface area contributed by atoms with Crippen LogP contribution in [-0.2, 0) is 17.8 Å². The van der Waals surface area contributed by atoms with Crippen molar-refractivity contribution in [3.05, 3.63) is 78.2 Å². The van der Waals surface area contributed by atoms with Crippen molar-refractivity contribution < 1.29 is 14.3 Å². The van der Waals surface area contributed by atoms with Crippen LogP contribution in [-0.4, -0.2) is 23.0 Å². The smallest absolute Gasteiger partial charge is 0.226 e. The van der Waals surface area contributed by atoms with E-state index >= 15 is 0 Å². The molecule has 0 atom stereocenters. The highest BCUT2D eigenvalue weighted by Crippen LogP contribution is 2.31. The summed E-state index contributed by atoms with van der Waals surface area (Å²) >= 11 is 0. The number of amides is 1. The molecule has 6 heteroatoms.